The fourth-order valence-electron chi connectivity index (χ4n) is 8.12. The van der Waals surface area contributed by atoms with Crippen molar-refractivity contribution in [2.24, 2.45) is 39.9 Å². The van der Waals surface area contributed by atoms with Crippen LogP contribution in [0.15, 0.2) is 12.2 Å². The highest BCUT2D eigenvalue weighted by Gasteiger charge is 2.79. The molecule has 8 atom stereocenters. The van der Waals surface area contributed by atoms with Crippen LogP contribution in [0.5, 0.6) is 0 Å². The highest BCUT2D eigenvalue weighted by atomic mass is 16.5. The lowest BCUT2D eigenvalue weighted by atomic mass is 9.50. The van der Waals surface area contributed by atoms with Crippen LogP contribution in [0.1, 0.15) is 45.4 Å². The number of aliphatic hydroxyl groups excluding tert-OH is 1. The van der Waals surface area contributed by atoms with E-state index in [0.29, 0.717) is 18.9 Å². The van der Waals surface area contributed by atoms with Gasteiger partial charge < -0.3 is 14.9 Å². The lowest BCUT2D eigenvalue weighted by molar-refractivity contribution is -0.220. The zero-order valence-electron chi connectivity index (χ0n) is 14.7. The summed E-state index contributed by atoms with van der Waals surface area (Å²) in [4.78, 5) is 25.2. The molecule has 5 rings (SSSR count). The summed E-state index contributed by atoms with van der Waals surface area (Å²) in [5.74, 6) is -1.47. The number of allylic oxidation sites excluding steroid dienone is 1. The topological polar surface area (TPSA) is 83.8 Å². The first kappa shape index (κ1) is 15.9. The number of ether oxygens (including phenoxy) is 1. The van der Waals surface area contributed by atoms with Crippen LogP contribution in [-0.4, -0.2) is 34.9 Å². The second kappa shape index (κ2) is 4.48. The van der Waals surface area contributed by atoms with Crippen molar-refractivity contribution >= 4 is 11.9 Å². The van der Waals surface area contributed by atoms with Crippen molar-refractivity contribution in [1.82, 2.24) is 0 Å². The number of carbonyl (C=O) groups excluding carboxylic acids is 1. The van der Waals surface area contributed by atoms with Gasteiger partial charge in [-0.25, -0.2) is 0 Å². The number of esters is 1. The third kappa shape index (κ3) is 1.52. The van der Waals surface area contributed by atoms with Gasteiger partial charge in [-0.05, 0) is 62.7 Å². The summed E-state index contributed by atoms with van der Waals surface area (Å²) >= 11 is 0. The standard InChI is InChI=1S/C20H26O5/c1-10-7-20-8-11(10)3-4-12(20)19-6-5-13(21)18(2,17(24)25-9-19)15(19)14(20)16(22)23/h11-15,21H,1,3-9H2,2H3,(H,22,23)/t11-,12+,13+,14-,15-,18?,19-,20+/m1/s1. The molecular weight excluding hydrogens is 320 g/mol. The Kier molecular flexibility index (Phi) is 2.84. The number of hydrogen-bond donors (Lipinski definition) is 2. The third-order valence-corrected chi connectivity index (χ3v) is 8.92. The van der Waals surface area contributed by atoms with E-state index in [9.17, 15) is 19.8 Å². The fraction of sp³-hybridized carbons (Fsp3) is 0.800. The van der Waals surface area contributed by atoms with Gasteiger partial charge in [0, 0.05) is 11.3 Å². The molecule has 5 fully saturated rings. The third-order valence-electron chi connectivity index (χ3n) is 8.92. The monoisotopic (exact) mass is 346 g/mol. The lowest BCUT2D eigenvalue weighted by Crippen LogP contribution is -2.63. The molecule has 1 unspecified atom stereocenters. The van der Waals surface area contributed by atoms with Crippen LogP contribution >= 0.6 is 0 Å². The minimum Gasteiger partial charge on any atom is -0.481 e. The van der Waals surface area contributed by atoms with E-state index >= 15 is 0 Å². The maximum absolute atomic E-state index is 12.7. The Morgan fingerprint density at radius 1 is 1.28 bits per heavy atom. The maximum atomic E-state index is 12.7. The molecular formula is C20H26O5. The molecule has 0 amide bonds. The van der Waals surface area contributed by atoms with E-state index in [-0.39, 0.29) is 22.7 Å². The summed E-state index contributed by atoms with van der Waals surface area (Å²) in [6.07, 6.45) is 4.20. The van der Waals surface area contributed by atoms with Gasteiger partial charge in [0.1, 0.15) is 0 Å². The molecule has 1 aliphatic heterocycles. The van der Waals surface area contributed by atoms with Crippen LogP contribution in [0.2, 0.25) is 0 Å². The largest absolute Gasteiger partial charge is 0.481 e. The SMILES string of the molecule is C=C1C[C@]23C[C@H]1CC[C@H]2[C@@]12CC[C@H](O)C(C)(C(=O)OC1)[C@H]2[C@@H]3C(=O)O. The van der Waals surface area contributed by atoms with Crippen LogP contribution < -0.4 is 0 Å². The lowest BCUT2D eigenvalue weighted by Gasteiger charge is -2.57. The average Bonchev–Trinajstić information content (AvgIpc) is 2.97. The predicted octanol–water partition coefficient (Wildman–Crippen LogP) is 2.38. The van der Waals surface area contributed by atoms with E-state index in [4.69, 9.17) is 4.74 Å². The molecule has 5 heteroatoms. The van der Waals surface area contributed by atoms with Crippen LogP contribution in [0.3, 0.4) is 0 Å². The molecule has 5 aliphatic rings. The van der Waals surface area contributed by atoms with Crippen molar-refractivity contribution in [1.29, 1.82) is 0 Å². The average molecular weight is 346 g/mol. The maximum Gasteiger partial charge on any atom is 0.314 e. The Labute approximate surface area is 147 Å². The molecule has 0 aromatic heterocycles. The summed E-state index contributed by atoms with van der Waals surface area (Å²) < 4.78 is 5.62. The first-order chi connectivity index (χ1) is 11.8. The van der Waals surface area contributed by atoms with E-state index in [1.165, 1.54) is 5.57 Å². The molecule has 1 saturated heterocycles. The van der Waals surface area contributed by atoms with Gasteiger partial charge >= 0.3 is 11.9 Å². The molecule has 4 bridgehead atoms. The van der Waals surface area contributed by atoms with Crippen molar-refractivity contribution in [2.75, 3.05) is 6.61 Å². The van der Waals surface area contributed by atoms with Crippen molar-refractivity contribution in [3.8, 4) is 0 Å². The molecule has 0 aromatic carbocycles. The summed E-state index contributed by atoms with van der Waals surface area (Å²) in [7, 11) is 0. The molecule has 5 nitrogen and oxygen atoms in total. The number of carbonyl (C=O) groups is 2. The summed E-state index contributed by atoms with van der Waals surface area (Å²) in [5, 5.41) is 21.0. The number of aliphatic carboxylic acids is 1. The number of aliphatic hydroxyl groups is 1. The summed E-state index contributed by atoms with van der Waals surface area (Å²) in [6, 6.07) is 0. The first-order valence-electron chi connectivity index (χ1n) is 9.53. The van der Waals surface area contributed by atoms with Gasteiger partial charge in [0.25, 0.3) is 0 Å². The van der Waals surface area contributed by atoms with Crippen molar-refractivity contribution in [3.05, 3.63) is 12.2 Å². The van der Waals surface area contributed by atoms with Crippen LogP contribution in [-0.2, 0) is 14.3 Å². The highest BCUT2D eigenvalue weighted by Crippen LogP contribution is 2.78. The predicted molar refractivity (Wildman–Crippen MR) is 88.4 cm³/mol. The Balaban J connectivity index is 1.76. The Morgan fingerprint density at radius 3 is 2.76 bits per heavy atom. The number of hydrogen-bond acceptors (Lipinski definition) is 4. The van der Waals surface area contributed by atoms with Gasteiger partial charge in [0.05, 0.1) is 24.0 Å². The minimum absolute atomic E-state index is 0.251. The molecule has 2 N–H and O–H groups in total. The fourth-order valence-corrected chi connectivity index (χ4v) is 8.12. The molecule has 4 aliphatic carbocycles. The normalized spacial score (nSPS) is 56.2. The van der Waals surface area contributed by atoms with E-state index in [0.717, 1.165) is 32.1 Å². The van der Waals surface area contributed by atoms with E-state index in [1.54, 1.807) is 6.92 Å². The Bertz CT molecular complexity index is 700. The number of cyclic esters (lactones) is 1. The number of carboxylic acid groups (broad SMARTS) is 1. The smallest absolute Gasteiger partial charge is 0.314 e. The van der Waals surface area contributed by atoms with Crippen molar-refractivity contribution < 1.29 is 24.5 Å². The highest BCUT2D eigenvalue weighted by molar-refractivity contribution is 5.82. The van der Waals surface area contributed by atoms with Crippen LogP contribution in [0, 0.1) is 39.9 Å². The van der Waals surface area contributed by atoms with Gasteiger partial charge in [-0.3, -0.25) is 9.59 Å². The van der Waals surface area contributed by atoms with Gasteiger partial charge in [-0.15, -0.1) is 0 Å². The van der Waals surface area contributed by atoms with Crippen LogP contribution in [0.4, 0.5) is 0 Å². The molecule has 136 valence electrons. The van der Waals surface area contributed by atoms with Gasteiger partial charge in [-0.2, -0.15) is 0 Å². The Hall–Kier alpha value is -1.36. The van der Waals surface area contributed by atoms with Crippen molar-refractivity contribution in [2.45, 2.75) is 51.6 Å². The molecule has 1 spiro atoms. The first-order valence-corrected chi connectivity index (χ1v) is 9.53. The molecule has 4 saturated carbocycles. The second-order valence-electron chi connectivity index (χ2n) is 9.54. The molecule has 1 heterocycles. The van der Waals surface area contributed by atoms with Gasteiger partial charge in [0.15, 0.2) is 0 Å². The van der Waals surface area contributed by atoms with E-state index < -0.39 is 29.4 Å². The second-order valence-corrected chi connectivity index (χ2v) is 9.54. The Morgan fingerprint density at radius 2 is 2.04 bits per heavy atom. The van der Waals surface area contributed by atoms with Gasteiger partial charge in [0.2, 0.25) is 0 Å². The number of carboxylic acids is 1. The summed E-state index contributed by atoms with van der Waals surface area (Å²) in [6.45, 7) is 6.33. The summed E-state index contributed by atoms with van der Waals surface area (Å²) in [5.41, 5.74) is -0.516. The number of fused-ring (bicyclic) bond motifs is 1. The number of rotatable bonds is 1. The van der Waals surface area contributed by atoms with E-state index in [1.807, 2.05) is 0 Å². The zero-order valence-corrected chi connectivity index (χ0v) is 14.7. The van der Waals surface area contributed by atoms with Crippen molar-refractivity contribution in [3.63, 3.8) is 0 Å². The zero-order chi connectivity index (χ0) is 17.8. The minimum atomic E-state index is -1.11. The van der Waals surface area contributed by atoms with Crippen LogP contribution in [0.25, 0.3) is 0 Å². The van der Waals surface area contributed by atoms with E-state index in [2.05, 4.69) is 6.58 Å². The molecule has 0 radical (unpaired) electrons. The molecule has 0 aromatic rings. The molecule has 25 heavy (non-hydrogen) atoms. The quantitative estimate of drug-likeness (QED) is 0.563. The van der Waals surface area contributed by atoms with Gasteiger partial charge in [-0.1, -0.05) is 12.2 Å².